The Bertz CT molecular complexity index is 1240. The van der Waals surface area contributed by atoms with Crippen LogP contribution in [0.15, 0.2) is 91.3 Å². The Morgan fingerprint density at radius 2 is 1.74 bits per heavy atom. The molecule has 4 aromatic rings. The first kappa shape index (κ1) is 19.4. The number of anilines is 1. The molecule has 2 aromatic carbocycles. The summed E-state index contributed by atoms with van der Waals surface area (Å²) in [7, 11) is 0. The van der Waals surface area contributed by atoms with Crippen LogP contribution in [-0.4, -0.2) is 14.7 Å². The van der Waals surface area contributed by atoms with E-state index in [9.17, 15) is 8.78 Å². The second-order valence-electron chi connectivity index (χ2n) is 7.23. The topological polar surface area (TPSA) is 33.1 Å². The van der Waals surface area contributed by atoms with E-state index < -0.39 is 6.04 Å². The third-order valence-electron chi connectivity index (χ3n) is 5.38. The minimum absolute atomic E-state index is 0.324. The molecule has 2 atom stereocenters. The zero-order valence-corrected chi connectivity index (χ0v) is 17.1. The summed E-state index contributed by atoms with van der Waals surface area (Å²) in [5.41, 5.74) is 2.65. The summed E-state index contributed by atoms with van der Waals surface area (Å²) in [5.74, 6) is -0.702. The Hall–Kier alpha value is -3.58. The number of halogens is 2. The molecule has 7 heteroatoms. The zero-order chi connectivity index (χ0) is 21.4. The summed E-state index contributed by atoms with van der Waals surface area (Å²) >= 11 is 5.64. The largest absolute Gasteiger partial charge is 0.351 e. The fourth-order valence-electron chi connectivity index (χ4n) is 4.06. The van der Waals surface area contributed by atoms with E-state index in [1.807, 2.05) is 47.2 Å². The highest BCUT2D eigenvalue weighted by atomic mass is 32.1. The van der Waals surface area contributed by atoms with Crippen LogP contribution < -0.4 is 10.2 Å². The van der Waals surface area contributed by atoms with E-state index in [1.165, 1.54) is 18.2 Å². The molecule has 0 aliphatic carbocycles. The van der Waals surface area contributed by atoms with Crippen molar-refractivity contribution >= 4 is 23.0 Å². The van der Waals surface area contributed by atoms with Gasteiger partial charge >= 0.3 is 0 Å². The van der Waals surface area contributed by atoms with Gasteiger partial charge in [0.25, 0.3) is 0 Å². The maximum atomic E-state index is 14.8. The Morgan fingerprint density at radius 3 is 2.52 bits per heavy atom. The molecule has 0 saturated carbocycles. The van der Waals surface area contributed by atoms with Crippen molar-refractivity contribution in [3.05, 3.63) is 114 Å². The number of nitrogens with one attached hydrogen (secondary N) is 1. The zero-order valence-electron chi connectivity index (χ0n) is 16.3. The third kappa shape index (κ3) is 3.47. The van der Waals surface area contributed by atoms with Crippen LogP contribution in [0.5, 0.6) is 0 Å². The Balaban J connectivity index is 1.69. The lowest BCUT2D eigenvalue weighted by Gasteiger charge is -2.29. The highest BCUT2D eigenvalue weighted by Gasteiger charge is 2.42. The molecule has 5 rings (SSSR count). The van der Waals surface area contributed by atoms with Gasteiger partial charge in [-0.05, 0) is 66.8 Å². The normalized spacial score (nSPS) is 18.3. The van der Waals surface area contributed by atoms with Crippen LogP contribution in [0.1, 0.15) is 23.5 Å². The number of thiocarbonyl (C=S) groups is 1. The predicted molar refractivity (Wildman–Crippen MR) is 120 cm³/mol. The van der Waals surface area contributed by atoms with Crippen molar-refractivity contribution in [1.29, 1.82) is 0 Å². The molecule has 1 aliphatic rings. The monoisotopic (exact) mass is 432 g/mol. The molecule has 0 radical (unpaired) electrons. The van der Waals surface area contributed by atoms with E-state index >= 15 is 0 Å². The van der Waals surface area contributed by atoms with Crippen molar-refractivity contribution in [2.24, 2.45) is 0 Å². The average molecular weight is 432 g/mol. The number of benzene rings is 2. The number of aromatic nitrogens is 2. The van der Waals surface area contributed by atoms with Crippen molar-refractivity contribution < 1.29 is 8.78 Å². The summed E-state index contributed by atoms with van der Waals surface area (Å²) < 4.78 is 30.7. The van der Waals surface area contributed by atoms with Gasteiger partial charge in [-0.2, -0.15) is 0 Å². The highest BCUT2D eigenvalue weighted by Crippen LogP contribution is 2.42. The maximum absolute atomic E-state index is 14.8. The van der Waals surface area contributed by atoms with Gasteiger partial charge in [-0.3, -0.25) is 4.98 Å². The smallest absolute Gasteiger partial charge is 0.174 e. The molecule has 4 nitrogen and oxygen atoms in total. The summed E-state index contributed by atoms with van der Waals surface area (Å²) in [4.78, 5) is 6.28. The van der Waals surface area contributed by atoms with Gasteiger partial charge in [0.15, 0.2) is 5.11 Å². The summed E-state index contributed by atoms with van der Waals surface area (Å²) in [6.07, 6.45) is 3.58. The van der Waals surface area contributed by atoms with Crippen LogP contribution in [0.2, 0.25) is 0 Å². The van der Waals surface area contributed by atoms with Crippen molar-refractivity contribution in [2.45, 2.75) is 12.1 Å². The second-order valence-corrected chi connectivity index (χ2v) is 7.62. The first-order valence-corrected chi connectivity index (χ1v) is 10.2. The number of pyridine rings is 1. The third-order valence-corrected chi connectivity index (χ3v) is 5.69. The van der Waals surface area contributed by atoms with Gasteiger partial charge in [-0.15, -0.1) is 0 Å². The number of nitrogens with zero attached hydrogens (tertiary/aromatic N) is 3. The number of hydrogen-bond acceptors (Lipinski definition) is 2. The Morgan fingerprint density at radius 1 is 0.903 bits per heavy atom. The molecule has 1 N–H and O–H groups in total. The molecule has 31 heavy (non-hydrogen) atoms. The summed E-state index contributed by atoms with van der Waals surface area (Å²) in [5, 5.41) is 3.72. The van der Waals surface area contributed by atoms with E-state index in [1.54, 1.807) is 35.4 Å². The molecule has 1 saturated heterocycles. The molecule has 154 valence electrons. The van der Waals surface area contributed by atoms with Gasteiger partial charge in [-0.1, -0.05) is 24.3 Å². The lowest BCUT2D eigenvalue weighted by Crippen LogP contribution is -2.31. The van der Waals surface area contributed by atoms with Gasteiger partial charge < -0.3 is 14.8 Å². The van der Waals surface area contributed by atoms with Crippen LogP contribution in [0.25, 0.3) is 5.69 Å². The van der Waals surface area contributed by atoms with E-state index in [-0.39, 0.29) is 17.7 Å². The maximum Gasteiger partial charge on any atom is 0.174 e. The molecule has 0 unspecified atom stereocenters. The van der Waals surface area contributed by atoms with Crippen molar-refractivity contribution in [3.8, 4) is 5.69 Å². The van der Waals surface area contributed by atoms with Crippen LogP contribution in [0.4, 0.5) is 14.5 Å². The van der Waals surface area contributed by atoms with Crippen LogP contribution in [-0.2, 0) is 0 Å². The van der Waals surface area contributed by atoms with E-state index in [0.29, 0.717) is 16.5 Å². The lowest BCUT2D eigenvalue weighted by atomic mass is 10.0. The minimum Gasteiger partial charge on any atom is -0.351 e. The predicted octanol–water partition coefficient (Wildman–Crippen LogP) is 5.33. The molecular weight excluding hydrogens is 414 g/mol. The molecule has 0 amide bonds. The van der Waals surface area contributed by atoms with Crippen LogP contribution >= 0.6 is 12.2 Å². The summed E-state index contributed by atoms with van der Waals surface area (Å²) in [6, 6.07) is 21.7. The number of para-hydroxylation sites is 1. The van der Waals surface area contributed by atoms with Crippen LogP contribution in [0.3, 0.4) is 0 Å². The lowest BCUT2D eigenvalue weighted by molar-refractivity contribution is 0.541. The van der Waals surface area contributed by atoms with Crippen molar-refractivity contribution in [2.75, 3.05) is 4.90 Å². The first-order valence-electron chi connectivity index (χ1n) is 9.82. The Kier molecular flexibility index (Phi) is 4.95. The molecule has 1 aliphatic heterocycles. The summed E-state index contributed by atoms with van der Waals surface area (Å²) in [6.45, 7) is 0. The van der Waals surface area contributed by atoms with Gasteiger partial charge in [0.2, 0.25) is 0 Å². The highest BCUT2D eigenvalue weighted by molar-refractivity contribution is 7.80. The standard InChI is InChI=1S/C24H18F2N4S/c25-16-7-5-8-17(15-16)29-14-6-12-21(29)23-22(19-10-3-4-13-27-19)28-24(31)30(23)20-11-2-1-9-18(20)26/h1-15,22-23H,(H,28,31)/t22-,23-/m0/s1. The van der Waals surface area contributed by atoms with Gasteiger partial charge in [0.1, 0.15) is 17.7 Å². The number of rotatable bonds is 4. The van der Waals surface area contributed by atoms with E-state index in [0.717, 1.165) is 11.4 Å². The van der Waals surface area contributed by atoms with Gasteiger partial charge in [0, 0.05) is 23.8 Å². The minimum atomic E-state index is -0.405. The molecular formula is C24H18F2N4S. The molecule has 1 fully saturated rings. The average Bonchev–Trinajstić information content (AvgIpc) is 3.39. The molecule has 3 heterocycles. The van der Waals surface area contributed by atoms with Crippen molar-refractivity contribution in [1.82, 2.24) is 14.9 Å². The second kappa shape index (κ2) is 7.92. The SMILES string of the molecule is Fc1cccc(-n2cccc2[C@H]2[C@H](c3ccccn3)NC(=S)N2c2ccccc2F)c1. The fraction of sp³-hybridized carbons (Fsp3) is 0.0833. The molecule has 0 spiro atoms. The van der Waals surface area contributed by atoms with Crippen LogP contribution in [0, 0.1) is 11.6 Å². The molecule has 2 aromatic heterocycles. The van der Waals surface area contributed by atoms with Gasteiger partial charge in [0.05, 0.1) is 17.4 Å². The van der Waals surface area contributed by atoms with Crippen molar-refractivity contribution in [3.63, 3.8) is 0 Å². The first-order chi connectivity index (χ1) is 15.1. The fourth-order valence-corrected chi connectivity index (χ4v) is 4.40. The van der Waals surface area contributed by atoms with E-state index in [4.69, 9.17) is 12.2 Å². The Labute approximate surface area is 183 Å². The van der Waals surface area contributed by atoms with Gasteiger partial charge in [-0.25, -0.2) is 8.78 Å². The van der Waals surface area contributed by atoms with E-state index in [2.05, 4.69) is 10.3 Å². The molecule has 0 bridgehead atoms. The quantitative estimate of drug-likeness (QED) is 0.442. The number of hydrogen-bond donors (Lipinski definition) is 1.